The molecule has 0 heterocycles. The molecule has 2 fully saturated rings. The van der Waals surface area contributed by atoms with E-state index in [1.807, 2.05) is 0 Å². The molecular formula is C34H54O2. The Morgan fingerprint density at radius 1 is 0.417 bits per heavy atom. The summed E-state index contributed by atoms with van der Waals surface area (Å²) in [6, 6.07) is 0. The van der Waals surface area contributed by atoms with Gasteiger partial charge < -0.3 is 9.47 Å². The molecule has 202 valence electrons. The molecule has 0 amide bonds. The molecular weight excluding hydrogens is 440 g/mol. The number of benzene rings is 1. The normalized spacial score (nSPS) is 25.6. The lowest BCUT2D eigenvalue weighted by Gasteiger charge is -2.46. The largest absolute Gasteiger partial charge is 0.493 e. The average molecular weight is 495 g/mol. The van der Waals surface area contributed by atoms with Crippen LogP contribution in [0.4, 0.5) is 0 Å². The standard InChI is InChI=1S/C34H54O2/c1-3-5-7-9-11-13-23-35-33-29-25-15-19-27(20-16-25)31(29)34(36-24-14-12-10-8-6-4-2)32-28-21-17-26(18-22-28)30(32)33/h25-28H,3-24H2,1-2H3. The predicted octanol–water partition coefficient (Wildman–Crippen LogP) is 10.7. The molecule has 6 aliphatic rings. The van der Waals surface area contributed by atoms with Crippen molar-refractivity contribution in [3.05, 3.63) is 22.3 Å². The first kappa shape index (κ1) is 26.4. The van der Waals surface area contributed by atoms with Gasteiger partial charge in [0.05, 0.1) is 13.2 Å². The second-order valence-corrected chi connectivity index (χ2v) is 12.6. The summed E-state index contributed by atoms with van der Waals surface area (Å²) >= 11 is 0. The summed E-state index contributed by atoms with van der Waals surface area (Å²) in [5.74, 6) is 5.62. The van der Waals surface area contributed by atoms with Gasteiger partial charge in [0.25, 0.3) is 0 Å². The van der Waals surface area contributed by atoms with Crippen LogP contribution in [0.5, 0.6) is 11.5 Å². The van der Waals surface area contributed by atoms with E-state index in [9.17, 15) is 0 Å². The fraction of sp³-hybridized carbons (Fsp3) is 0.824. The van der Waals surface area contributed by atoms with Gasteiger partial charge in [-0.25, -0.2) is 0 Å². The number of unbranched alkanes of at least 4 members (excludes halogenated alkanes) is 10. The second kappa shape index (κ2) is 13.1. The molecule has 0 spiro atoms. The number of fused-ring (bicyclic) bond motifs is 4. The molecule has 6 aliphatic carbocycles. The number of rotatable bonds is 16. The van der Waals surface area contributed by atoms with Gasteiger partial charge in [0.1, 0.15) is 11.5 Å². The zero-order valence-corrected chi connectivity index (χ0v) is 23.7. The maximum atomic E-state index is 6.89. The van der Waals surface area contributed by atoms with Gasteiger partial charge in [0.15, 0.2) is 0 Å². The van der Waals surface area contributed by atoms with E-state index in [4.69, 9.17) is 9.47 Å². The molecule has 0 saturated heterocycles. The zero-order valence-electron chi connectivity index (χ0n) is 23.7. The summed E-state index contributed by atoms with van der Waals surface area (Å²) in [5.41, 5.74) is 6.53. The van der Waals surface area contributed by atoms with Gasteiger partial charge in [-0.1, -0.05) is 78.1 Å². The molecule has 7 rings (SSSR count). The van der Waals surface area contributed by atoms with Gasteiger partial charge in [-0.15, -0.1) is 0 Å². The molecule has 4 bridgehead atoms. The molecule has 2 saturated carbocycles. The highest BCUT2D eigenvalue weighted by Gasteiger charge is 2.45. The first-order valence-corrected chi connectivity index (χ1v) is 16.3. The summed E-state index contributed by atoms with van der Waals surface area (Å²) in [6.45, 7) is 6.44. The van der Waals surface area contributed by atoms with E-state index in [-0.39, 0.29) is 0 Å². The molecule has 1 aromatic rings. The van der Waals surface area contributed by atoms with Gasteiger partial charge >= 0.3 is 0 Å². The van der Waals surface area contributed by atoms with Gasteiger partial charge in [0.2, 0.25) is 0 Å². The van der Waals surface area contributed by atoms with Gasteiger partial charge in [-0.3, -0.25) is 0 Å². The van der Waals surface area contributed by atoms with Crippen molar-refractivity contribution in [2.75, 3.05) is 13.2 Å². The van der Waals surface area contributed by atoms with Crippen LogP contribution in [-0.2, 0) is 0 Å². The predicted molar refractivity (Wildman–Crippen MR) is 152 cm³/mol. The first-order chi connectivity index (χ1) is 17.8. The molecule has 2 nitrogen and oxygen atoms in total. The SMILES string of the molecule is CCCCCCCCOc1c2c(c(OCCCCCCCC)c3c1C1CCC3CC1)C1CCC2CC1. The molecule has 0 N–H and O–H groups in total. The van der Waals surface area contributed by atoms with Crippen LogP contribution in [0.1, 0.15) is 188 Å². The molecule has 36 heavy (non-hydrogen) atoms. The van der Waals surface area contributed by atoms with Crippen molar-refractivity contribution in [3.8, 4) is 11.5 Å². The van der Waals surface area contributed by atoms with Crippen molar-refractivity contribution >= 4 is 0 Å². The van der Waals surface area contributed by atoms with E-state index < -0.39 is 0 Å². The molecule has 0 aromatic heterocycles. The average Bonchev–Trinajstić information content (AvgIpc) is 2.93. The Bertz CT molecular complexity index is 708. The highest BCUT2D eigenvalue weighted by Crippen LogP contribution is 2.63. The highest BCUT2D eigenvalue weighted by molar-refractivity contribution is 5.66. The number of ether oxygens (including phenoxy) is 2. The van der Waals surface area contributed by atoms with Crippen LogP contribution in [0.2, 0.25) is 0 Å². The van der Waals surface area contributed by atoms with Crippen molar-refractivity contribution in [3.63, 3.8) is 0 Å². The third-order valence-electron chi connectivity index (χ3n) is 10.1. The Kier molecular flexibility index (Phi) is 9.59. The van der Waals surface area contributed by atoms with E-state index in [0.29, 0.717) is 23.7 Å². The zero-order chi connectivity index (χ0) is 24.7. The van der Waals surface area contributed by atoms with E-state index >= 15 is 0 Å². The van der Waals surface area contributed by atoms with Crippen molar-refractivity contribution in [2.24, 2.45) is 0 Å². The molecule has 1 aromatic carbocycles. The van der Waals surface area contributed by atoms with Crippen molar-refractivity contribution in [1.29, 1.82) is 0 Å². The van der Waals surface area contributed by atoms with Crippen LogP contribution < -0.4 is 9.47 Å². The highest BCUT2D eigenvalue weighted by atomic mass is 16.5. The van der Waals surface area contributed by atoms with E-state index in [2.05, 4.69) is 13.8 Å². The Balaban J connectivity index is 1.38. The maximum absolute atomic E-state index is 6.89. The smallest absolute Gasteiger partial charge is 0.127 e. The van der Waals surface area contributed by atoms with Crippen molar-refractivity contribution in [1.82, 2.24) is 0 Å². The quantitative estimate of drug-likeness (QED) is 0.213. The van der Waals surface area contributed by atoms with E-state index in [1.165, 1.54) is 140 Å². The molecule has 0 radical (unpaired) electrons. The summed E-state index contributed by atoms with van der Waals surface area (Å²) in [5, 5.41) is 0. The lowest BCUT2D eigenvalue weighted by Crippen LogP contribution is -2.30. The van der Waals surface area contributed by atoms with Crippen LogP contribution in [-0.4, -0.2) is 13.2 Å². The van der Waals surface area contributed by atoms with Crippen LogP contribution in [0.25, 0.3) is 0 Å². The van der Waals surface area contributed by atoms with Gasteiger partial charge in [0, 0.05) is 22.3 Å². The molecule has 0 aliphatic heterocycles. The van der Waals surface area contributed by atoms with Gasteiger partial charge in [-0.2, -0.15) is 0 Å². The minimum absolute atomic E-state index is 0.715. The summed E-state index contributed by atoms with van der Waals surface area (Å²) in [7, 11) is 0. The molecule has 2 heteroatoms. The Labute approximate surface area is 222 Å². The second-order valence-electron chi connectivity index (χ2n) is 12.6. The summed E-state index contributed by atoms with van der Waals surface area (Å²) < 4.78 is 13.8. The lowest BCUT2D eigenvalue weighted by molar-refractivity contribution is 0.244. The number of hydrogen-bond acceptors (Lipinski definition) is 2. The third kappa shape index (κ3) is 5.63. The summed E-state index contributed by atoms with van der Waals surface area (Å²) in [6.07, 6.45) is 27.0. The van der Waals surface area contributed by atoms with Crippen molar-refractivity contribution < 1.29 is 9.47 Å². The molecule has 0 atom stereocenters. The van der Waals surface area contributed by atoms with Crippen LogP contribution in [0, 0.1) is 0 Å². The minimum atomic E-state index is 0.715. The van der Waals surface area contributed by atoms with Crippen LogP contribution in [0.15, 0.2) is 0 Å². The topological polar surface area (TPSA) is 18.5 Å². The van der Waals surface area contributed by atoms with Crippen LogP contribution >= 0.6 is 0 Å². The first-order valence-electron chi connectivity index (χ1n) is 16.3. The lowest BCUT2D eigenvalue weighted by atomic mass is 9.60. The van der Waals surface area contributed by atoms with Crippen LogP contribution in [0.3, 0.4) is 0 Å². The third-order valence-corrected chi connectivity index (χ3v) is 10.1. The van der Waals surface area contributed by atoms with E-state index in [1.54, 1.807) is 22.3 Å². The monoisotopic (exact) mass is 494 g/mol. The van der Waals surface area contributed by atoms with Crippen molar-refractivity contribution in [2.45, 2.75) is 166 Å². The Morgan fingerprint density at radius 3 is 1.00 bits per heavy atom. The van der Waals surface area contributed by atoms with Gasteiger partial charge in [-0.05, 0) is 87.9 Å². The fourth-order valence-corrected chi connectivity index (χ4v) is 8.17. The Hall–Kier alpha value is -1.18. The summed E-state index contributed by atoms with van der Waals surface area (Å²) in [4.78, 5) is 0. The maximum Gasteiger partial charge on any atom is 0.127 e. The van der Waals surface area contributed by atoms with E-state index in [0.717, 1.165) is 13.2 Å². The minimum Gasteiger partial charge on any atom is -0.493 e. The fourth-order valence-electron chi connectivity index (χ4n) is 8.17. The molecule has 0 unspecified atom stereocenters. The number of hydrogen-bond donors (Lipinski definition) is 0. The Morgan fingerprint density at radius 2 is 0.694 bits per heavy atom.